The maximum atomic E-state index is 5.41. The lowest BCUT2D eigenvalue weighted by Crippen LogP contribution is -2.43. The van der Waals surface area contributed by atoms with Gasteiger partial charge in [-0.15, -0.1) is 0 Å². The predicted molar refractivity (Wildman–Crippen MR) is 90.1 cm³/mol. The van der Waals surface area contributed by atoms with E-state index in [-0.39, 0.29) is 0 Å². The van der Waals surface area contributed by atoms with Crippen molar-refractivity contribution in [3.63, 3.8) is 0 Å². The van der Waals surface area contributed by atoms with Crippen LogP contribution in [0.2, 0.25) is 0 Å². The second-order valence-corrected chi connectivity index (χ2v) is 9.57. The molecule has 19 heavy (non-hydrogen) atoms. The van der Waals surface area contributed by atoms with Gasteiger partial charge in [0.2, 0.25) is 0 Å². The molecule has 0 aromatic rings. The Morgan fingerprint density at radius 1 is 1.16 bits per heavy atom. The molecular weight excluding hydrogens is 274 g/mol. The summed E-state index contributed by atoms with van der Waals surface area (Å²) in [6, 6.07) is 0. The summed E-state index contributed by atoms with van der Waals surface area (Å²) in [7, 11) is 4.12. The Morgan fingerprint density at radius 3 is 2.47 bits per heavy atom. The average Bonchev–Trinajstić information content (AvgIpc) is 2.34. The Hall–Kier alpha value is 0.620. The van der Waals surface area contributed by atoms with Gasteiger partial charge in [0.05, 0.1) is 13.2 Å². The molecule has 0 bridgehead atoms. The molecule has 1 aliphatic rings. The van der Waals surface area contributed by atoms with E-state index in [9.17, 15) is 0 Å². The van der Waals surface area contributed by atoms with Gasteiger partial charge in [0.1, 0.15) is 0 Å². The van der Waals surface area contributed by atoms with E-state index in [1.165, 1.54) is 31.6 Å². The van der Waals surface area contributed by atoms with E-state index in [0.717, 1.165) is 32.2 Å². The third kappa shape index (κ3) is 9.22. The first kappa shape index (κ1) is 17.7. The minimum atomic E-state index is 0.347. The molecule has 1 saturated heterocycles. The number of morpholine rings is 1. The van der Waals surface area contributed by atoms with Crippen molar-refractivity contribution in [3.05, 3.63) is 0 Å². The summed E-state index contributed by atoms with van der Waals surface area (Å²) in [5.74, 6) is 2.15. The zero-order valence-electron chi connectivity index (χ0n) is 13.1. The van der Waals surface area contributed by atoms with Crippen LogP contribution in [0.25, 0.3) is 0 Å². The van der Waals surface area contributed by atoms with Crippen LogP contribution in [0.5, 0.6) is 0 Å². The average molecular weight is 306 g/mol. The molecule has 0 aliphatic carbocycles. The Kier molecular flexibility index (Phi) is 8.87. The smallest absolute Gasteiger partial charge is 0.0594 e. The Balaban J connectivity index is 2.05. The molecule has 1 heterocycles. The van der Waals surface area contributed by atoms with Crippen molar-refractivity contribution in [3.8, 4) is 0 Å². The molecule has 0 atom stereocenters. The third-order valence-electron chi connectivity index (χ3n) is 3.25. The van der Waals surface area contributed by atoms with Gasteiger partial charge >= 0.3 is 0 Å². The minimum Gasteiger partial charge on any atom is -0.379 e. The summed E-state index contributed by atoms with van der Waals surface area (Å²) in [4.78, 5) is 2.54. The second-order valence-electron chi connectivity index (χ2n) is 6.44. The van der Waals surface area contributed by atoms with Crippen molar-refractivity contribution >= 4 is 21.6 Å². The van der Waals surface area contributed by atoms with Gasteiger partial charge in [0.15, 0.2) is 0 Å². The van der Waals surface area contributed by atoms with Crippen molar-refractivity contribution in [1.82, 2.24) is 4.90 Å². The fourth-order valence-electron chi connectivity index (χ4n) is 2.24. The molecule has 2 nitrogen and oxygen atoms in total. The van der Waals surface area contributed by atoms with Gasteiger partial charge in [-0.25, -0.2) is 0 Å². The summed E-state index contributed by atoms with van der Waals surface area (Å²) in [6.07, 6.45) is 4.13. The van der Waals surface area contributed by atoms with Crippen molar-refractivity contribution < 1.29 is 4.74 Å². The van der Waals surface area contributed by atoms with Crippen LogP contribution in [0, 0.1) is 5.92 Å². The van der Waals surface area contributed by atoms with Gasteiger partial charge in [-0.1, -0.05) is 48.3 Å². The van der Waals surface area contributed by atoms with Crippen LogP contribution in [0.4, 0.5) is 0 Å². The predicted octanol–water partition coefficient (Wildman–Crippen LogP) is 4.30. The molecule has 114 valence electrons. The van der Waals surface area contributed by atoms with Gasteiger partial charge in [0, 0.05) is 30.1 Å². The van der Waals surface area contributed by atoms with E-state index in [1.54, 1.807) is 0 Å². The highest BCUT2D eigenvalue weighted by molar-refractivity contribution is 8.77. The summed E-state index contributed by atoms with van der Waals surface area (Å²) >= 11 is 0. The molecule has 0 unspecified atom stereocenters. The normalized spacial score (nSPS) is 18.2. The standard InChI is InChI=1S/C15H31NOS2/c1-14(2)7-5-6-12-18-19-15(3,4)13-16-8-10-17-11-9-16/h14H,5-13H2,1-4H3. The lowest BCUT2D eigenvalue weighted by molar-refractivity contribution is 0.0350. The molecule has 0 amide bonds. The first-order valence-corrected chi connectivity index (χ1v) is 9.92. The monoisotopic (exact) mass is 305 g/mol. The van der Waals surface area contributed by atoms with E-state index >= 15 is 0 Å². The number of hydrogen-bond acceptors (Lipinski definition) is 4. The van der Waals surface area contributed by atoms with Gasteiger partial charge in [-0.2, -0.15) is 0 Å². The molecule has 0 spiro atoms. The Morgan fingerprint density at radius 2 is 1.84 bits per heavy atom. The SMILES string of the molecule is CC(C)CCCCSSC(C)(C)CN1CCOCC1. The fourth-order valence-corrected chi connectivity index (χ4v) is 4.92. The zero-order valence-corrected chi connectivity index (χ0v) is 14.7. The topological polar surface area (TPSA) is 12.5 Å². The maximum Gasteiger partial charge on any atom is 0.0594 e. The molecule has 0 aromatic heterocycles. The van der Waals surface area contributed by atoms with Crippen LogP contribution in [0.1, 0.15) is 47.0 Å². The maximum absolute atomic E-state index is 5.41. The first-order valence-electron chi connectivity index (χ1n) is 7.60. The quantitative estimate of drug-likeness (QED) is 0.465. The van der Waals surface area contributed by atoms with Crippen LogP contribution in [-0.4, -0.2) is 48.2 Å². The fraction of sp³-hybridized carbons (Fsp3) is 1.00. The Labute approximate surface area is 127 Å². The molecule has 0 saturated carbocycles. The second kappa shape index (κ2) is 9.54. The molecule has 0 aromatic carbocycles. The summed E-state index contributed by atoms with van der Waals surface area (Å²) in [6.45, 7) is 14.6. The summed E-state index contributed by atoms with van der Waals surface area (Å²) in [5, 5.41) is 0. The summed E-state index contributed by atoms with van der Waals surface area (Å²) in [5.41, 5.74) is 0. The van der Waals surface area contributed by atoms with Crippen molar-refractivity contribution in [2.24, 2.45) is 5.92 Å². The highest BCUT2D eigenvalue weighted by Gasteiger charge is 2.23. The number of nitrogens with zero attached hydrogens (tertiary/aromatic N) is 1. The van der Waals surface area contributed by atoms with Crippen LogP contribution in [0.15, 0.2) is 0 Å². The van der Waals surface area contributed by atoms with Gasteiger partial charge in [-0.3, -0.25) is 4.90 Å². The molecule has 1 aliphatic heterocycles. The molecule has 0 radical (unpaired) electrons. The van der Waals surface area contributed by atoms with E-state index < -0.39 is 0 Å². The number of unbranched alkanes of at least 4 members (excludes halogenated alkanes) is 1. The van der Waals surface area contributed by atoms with Crippen LogP contribution in [-0.2, 0) is 4.74 Å². The molecule has 1 rings (SSSR count). The zero-order chi connectivity index (χ0) is 14.1. The van der Waals surface area contributed by atoms with E-state index in [2.05, 4.69) is 54.2 Å². The molecule has 0 N–H and O–H groups in total. The highest BCUT2D eigenvalue weighted by Crippen LogP contribution is 2.37. The van der Waals surface area contributed by atoms with Crippen molar-refractivity contribution in [2.45, 2.75) is 51.7 Å². The molecule has 4 heteroatoms. The van der Waals surface area contributed by atoms with Gasteiger partial charge in [0.25, 0.3) is 0 Å². The largest absolute Gasteiger partial charge is 0.379 e. The lowest BCUT2D eigenvalue weighted by Gasteiger charge is -2.34. The number of ether oxygens (including phenoxy) is 1. The lowest BCUT2D eigenvalue weighted by atomic mass is 10.1. The minimum absolute atomic E-state index is 0.347. The van der Waals surface area contributed by atoms with E-state index in [4.69, 9.17) is 4.74 Å². The third-order valence-corrected chi connectivity index (χ3v) is 6.61. The van der Waals surface area contributed by atoms with Crippen LogP contribution >= 0.6 is 21.6 Å². The number of rotatable bonds is 9. The van der Waals surface area contributed by atoms with Crippen LogP contribution < -0.4 is 0 Å². The first-order chi connectivity index (χ1) is 8.99. The van der Waals surface area contributed by atoms with Crippen molar-refractivity contribution in [1.29, 1.82) is 0 Å². The van der Waals surface area contributed by atoms with Crippen molar-refractivity contribution in [2.75, 3.05) is 38.6 Å². The highest BCUT2D eigenvalue weighted by atomic mass is 33.1. The number of hydrogen-bond donors (Lipinski definition) is 0. The van der Waals surface area contributed by atoms with Gasteiger partial charge in [-0.05, 0) is 26.2 Å². The van der Waals surface area contributed by atoms with Crippen LogP contribution in [0.3, 0.4) is 0 Å². The Bertz CT molecular complexity index is 228. The summed E-state index contributed by atoms with van der Waals surface area (Å²) < 4.78 is 5.75. The molecule has 1 fully saturated rings. The molecular formula is C15H31NOS2. The van der Waals surface area contributed by atoms with E-state index in [0.29, 0.717) is 4.75 Å². The van der Waals surface area contributed by atoms with Gasteiger partial charge < -0.3 is 4.74 Å². The van der Waals surface area contributed by atoms with E-state index in [1.807, 2.05) is 0 Å².